The number of aromatic nitrogens is 3. The Bertz CT molecular complexity index is 2080. The van der Waals surface area contributed by atoms with E-state index < -0.39 is 5.97 Å². The van der Waals surface area contributed by atoms with E-state index in [-0.39, 0.29) is 12.5 Å². The predicted octanol–water partition coefficient (Wildman–Crippen LogP) is 6.14. The first kappa shape index (κ1) is 32.4. The summed E-state index contributed by atoms with van der Waals surface area (Å²) in [7, 11) is 2.05. The third kappa shape index (κ3) is 6.11. The molecule has 0 spiro atoms. The first-order valence-electron chi connectivity index (χ1n) is 16.0. The molecular weight excluding hydrogens is 648 g/mol. The molecule has 0 amide bonds. The number of carboxylic acids is 1. The van der Waals surface area contributed by atoms with Crippen LogP contribution in [0, 0.1) is 24.2 Å². The Hall–Kier alpha value is -4.18. The van der Waals surface area contributed by atoms with E-state index in [0.717, 1.165) is 63.1 Å². The van der Waals surface area contributed by atoms with Crippen LogP contribution in [0.15, 0.2) is 63.0 Å². The molecule has 1 saturated heterocycles. The molecule has 2 aliphatic rings. The van der Waals surface area contributed by atoms with E-state index in [1.165, 1.54) is 5.69 Å². The summed E-state index contributed by atoms with van der Waals surface area (Å²) in [6, 6.07) is 17.9. The Labute approximate surface area is 287 Å². The van der Waals surface area contributed by atoms with Crippen LogP contribution in [0.1, 0.15) is 34.5 Å². The van der Waals surface area contributed by atoms with E-state index in [0.29, 0.717) is 60.2 Å². The van der Waals surface area contributed by atoms with Crippen molar-refractivity contribution in [2.45, 2.75) is 42.9 Å². The van der Waals surface area contributed by atoms with Crippen LogP contribution in [-0.2, 0) is 31.4 Å². The highest BCUT2D eigenvalue weighted by molar-refractivity contribution is 7.99. The van der Waals surface area contributed by atoms with Gasteiger partial charge in [-0.1, -0.05) is 47.6 Å². The zero-order valence-electron chi connectivity index (χ0n) is 26.7. The Balaban J connectivity index is 1.17. The van der Waals surface area contributed by atoms with Crippen LogP contribution >= 0.6 is 23.4 Å². The van der Waals surface area contributed by atoms with Gasteiger partial charge in [-0.05, 0) is 60.8 Å². The molecule has 2 aliphatic heterocycles. The average Bonchev–Trinajstić information content (AvgIpc) is 3.80. The molecule has 0 radical (unpaired) electrons. The van der Waals surface area contributed by atoms with E-state index in [1.54, 1.807) is 17.8 Å². The number of aliphatic hydroxyl groups is 1. The van der Waals surface area contributed by atoms with Gasteiger partial charge < -0.3 is 19.2 Å². The molecule has 3 aromatic carbocycles. The molecule has 0 bridgehead atoms. The average molecular weight is 683 g/mol. The van der Waals surface area contributed by atoms with Gasteiger partial charge in [-0.25, -0.2) is 9.97 Å². The number of nitriles is 1. The second-order valence-corrected chi connectivity index (χ2v) is 13.9. The number of benzene rings is 3. The number of hydrogen-bond donors (Lipinski definition) is 2. The number of nitrogens with zero attached hydrogens (tertiary/aromatic N) is 6. The molecule has 246 valence electrons. The fraction of sp³-hybridized carbons (Fsp3) is 0.333. The zero-order chi connectivity index (χ0) is 33.5. The largest absolute Gasteiger partial charge is 0.481 e. The lowest BCUT2D eigenvalue weighted by Crippen LogP contribution is -2.33. The highest BCUT2D eigenvalue weighted by Crippen LogP contribution is 2.42. The number of fused-ring (bicyclic) bond motifs is 2. The van der Waals surface area contributed by atoms with Gasteiger partial charge in [-0.15, -0.1) is 0 Å². The Morgan fingerprint density at radius 1 is 1.12 bits per heavy atom. The third-order valence-corrected chi connectivity index (χ3v) is 11.1. The molecule has 0 unspecified atom stereocenters. The maximum Gasteiger partial charge on any atom is 0.307 e. The van der Waals surface area contributed by atoms with E-state index in [2.05, 4.69) is 20.4 Å². The zero-order valence-corrected chi connectivity index (χ0v) is 28.3. The molecule has 1 fully saturated rings. The molecule has 12 heteroatoms. The van der Waals surface area contributed by atoms with Gasteiger partial charge in [0.15, 0.2) is 10.7 Å². The van der Waals surface area contributed by atoms with Crippen molar-refractivity contribution in [2.75, 3.05) is 32.8 Å². The summed E-state index contributed by atoms with van der Waals surface area (Å²) < 4.78 is 8.39. The maximum atomic E-state index is 11.4. The van der Waals surface area contributed by atoms with Crippen molar-refractivity contribution in [1.29, 1.82) is 5.26 Å². The summed E-state index contributed by atoms with van der Waals surface area (Å²) in [5.74, 6) is -0.717. The lowest BCUT2D eigenvalue weighted by atomic mass is 9.96. The van der Waals surface area contributed by atoms with E-state index in [9.17, 15) is 20.3 Å². The van der Waals surface area contributed by atoms with E-state index in [1.807, 2.05) is 56.4 Å². The summed E-state index contributed by atoms with van der Waals surface area (Å²) in [6.45, 7) is 6.15. The summed E-state index contributed by atoms with van der Waals surface area (Å²) in [6.07, 6.45) is 1.51. The van der Waals surface area contributed by atoms with Crippen molar-refractivity contribution >= 4 is 40.4 Å². The van der Waals surface area contributed by atoms with Crippen LogP contribution in [0.3, 0.4) is 0 Å². The molecule has 1 atom stereocenters. The first-order chi connectivity index (χ1) is 23.2. The van der Waals surface area contributed by atoms with Gasteiger partial charge in [0.2, 0.25) is 5.89 Å². The number of carbonyl (C=O) groups is 1. The van der Waals surface area contributed by atoms with Crippen LogP contribution in [0.5, 0.6) is 0 Å². The number of rotatable bonds is 9. The Morgan fingerprint density at radius 2 is 1.92 bits per heavy atom. The topological polar surface area (TPSA) is 132 Å². The molecule has 4 heterocycles. The maximum absolute atomic E-state index is 11.4. The summed E-state index contributed by atoms with van der Waals surface area (Å²) >= 11 is 8.66. The molecule has 48 heavy (non-hydrogen) atoms. The number of hydrogen-bond acceptors (Lipinski definition) is 9. The highest BCUT2D eigenvalue weighted by Gasteiger charge is 2.28. The molecule has 2 N–H and O–H groups in total. The second kappa shape index (κ2) is 13.4. The van der Waals surface area contributed by atoms with Gasteiger partial charge in [0.25, 0.3) is 0 Å². The molecule has 5 aromatic rings. The van der Waals surface area contributed by atoms with Crippen LogP contribution in [0.25, 0.3) is 33.7 Å². The smallest absolute Gasteiger partial charge is 0.307 e. The minimum absolute atomic E-state index is 0.137. The van der Waals surface area contributed by atoms with Crippen LogP contribution in [0.4, 0.5) is 0 Å². The van der Waals surface area contributed by atoms with Gasteiger partial charge in [-0.3, -0.25) is 14.6 Å². The van der Waals surface area contributed by atoms with Crippen molar-refractivity contribution in [2.24, 2.45) is 13.0 Å². The Morgan fingerprint density at radius 3 is 2.69 bits per heavy atom. The molecular formula is C36H35ClN6O4S. The molecule has 10 nitrogen and oxygen atoms in total. The van der Waals surface area contributed by atoms with Crippen LogP contribution in [-0.4, -0.2) is 73.3 Å². The first-order valence-corrected chi connectivity index (χ1v) is 17.2. The number of likely N-dealkylation sites (tertiary alicyclic amines) is 1. The highest BCUT2D eigenvalue weighted by atomic mass is 35.5. The van der Waals surface area contributed by atoms with Crippen molar-refractivity contribution in [3.8, 4) is 28.7 Å². The summed E-state index contributed by atoms with van der Waals surface area (Å²) in [5.41, 5.74) is 8.15. The van der Waals surface area contributed by atoms with Gasteiger partial charge >= 0.3 is 5.97 Å². The van der Waals surface area contributed by atoms with Gasteiger partial charge in [0.1, 0.15) is 11.6 Å². The third-order valence-electron chi connectivity index (χ3n) is 9.43. The number of imidazole rings is 1. The lowest BCUT2D eigenvalue weighted by Gasteiger charge is -2.25. The standard InChI is InChI=1S/C36H35ClN6O4S/c1-21-25(27-7-4-8-31(32(27)37)48-36-40-29-20-42(13-14-44)12-10-30(29)41(36)2)5-3-6-26(21)34-39-28-16-22(15-24(17-38)33(28)47-34)18-43-11-9-23(19-43)35(45)46/h3-8,15-16,23,44H,9-14,18-20H2,1-2H3,(H,45,46)/t23-/m1/s1. The van der Waals surface area contributed by atoms with Gasteiger partial charge in [0, 0.05) is 67.9 Å². The molecule has 2 aromatic heterocycles. The van der Waals surface area contributed by atoms with Crippen LogP contribution in [0.2, 0.25) is 5.02 Å². The normalized spacial score (nSPS) is 16.8. The molecule has 0 saturated carbocycles. The summed E-state index contributed by atoms with van der Waals surface area (Å²) in [5, 5.41) is 30.2. The molecule has 0 aliphatic carbocycles. The van der Waals surface area contributed by atoms with Crippen molar-refractivity contribution in [3.05, 3.63) is 81.6 Å². The lowest BCUT2D eigenvalue weighted by molar-refractivity contribution is -0.141. The Kier molecular flexibility index (Phi) is 9.02. The van der Waals surface area contributed by atoms with Crippen molar-refractivity contribution in [1.82, 2.24) is 24.3 Å². The number of aliphatic hydroxyl groups excluding tert-OH is 1. The SMILES string of the molecule is Cc1c(-c2nc3cc(CN4CC[C@@H](C(=O)O)C4)cc(C#N)c3o2)cccc1-c1cccc(Sc2nc3c(n2C)CCN(CCO)C3)c1Cl. The minimum Gasteiger partial charge on any atom is -0.481 e. The summed E-state index contributed by atoms with van der Waals surface area (Å²) in [4.78, 5) is 26.4. The van der Waals surface area contributed by atoms with Crippen molar-refractivity contribution in [3.63, 3.8) is 0 Å². The monoisotopic (exact) mass is 682 g/mol. The number of carboxylic acid groups (broad SMARTS) is 1. The van der Waals surface area contributed by atoms with Crippen LogP contribution < -0.4 is 0 Å². The second-order valence-electron chi connectivity index (χ2n) is 12.5. The molecule has 7 rings (SSSR count). The predicted molar refractivity (Wildman–Crippen MR) is 184 cm³/mol. The van der Waals surface area contributed by atoms with Gasteiger partial charge in [-0.2, -0.15) is 5.26 Å². The van der Waals surface area contributed by atoms with Gasteiger partial charge in [0.05, 0.1) is 28.8 Å². The van der Waals surface area contributed by atoms with E-state index in [4.69, 9.17) is 26.0 Å². The van der Waals surface area contributed by atoms with E-state index >= 15 is 0 Å². The number of aliphatic carboxylic acids is 1. The quantitative estimate of drug-likeness (QED) is 0.187. The minimum atomic E-state index is -0.769. The number of oxazole rings is 1. The van der Waals surface area contributed by atoms with Crippen molar-refractivity contribution < 1.29 is 19.4 Å². The number of halogens is 1. The fourth-order valence-electron chi connectivity index (χ4n) is 6.85. The number of β-amino-alcohol motifs (C(OH)–C–C–N with tert-alkyl or cyclic N) is 1. The fourth-order valence-corrected chi connectivity index (χ4v) is 8.14.